The second-order valence-electron chi connectivity index (χ2n) is 4.78. The Balaban J connectivity index is 2.96. The summed E-state index contributed by atoms with van der Waals surface area (Å²) in [6.45, 7) is 3.73. The quantitative estimate of drug-likeness (QED) is 0.812. The van der Waals surface area contributed by atoms with Crippen LogP contribution in [0.15, 0.2) is 29.2 Å². The van der Waals surface area contributed by atoms with Crippen LogP contribution in [0.2, 0.25) is 0 Å². The normalized spacial score (nSPS) is 13.2. The molecule has 7 heteroatoms. The van der Waals surface area contributed by atoms with Gasteiger partial charge in [-0.25, -0.2) is 12.8 Å². The van der Waals surface area contributed by atoms with Gasteiger partial charge in [-0.1, -0.05) is 13.8 Å². The minimum absolute atomic E-state index is 0.100. The van der Waals surface area contributed by atoms with E-state index in [2.05, 4.69) is 9.46 Å². The van der Waals surface area contributed by atoms with Crippen LogP contribution in [-0.2, 0) is 19.6 Å². The summed E-state index contributed by atoms with van der Waals surface area (Å²) < 4.78 is 43.9. The minimum atomic E-state index is -3.89. The molecule has 1 rings (SSSR count). The Kier molecular flexibility index (Phi) is 5.64. The van der Waals surface area contributed by atoms with E-state index in [0.29, 0.717) is 6.42 Å². The number of methoxy groups -OCH3 is 1. The molecule has 112 valence electrons. The Morgan fingerprint density at radius 1 is 1.30 bits per heavy atom. The molecule has 0 aliphatic carbocycles. The number of esters is 1. The first-order valence-corrected chi connectivity index (χ1v) is 7.60. The van der Waals surface area contributed by atoms with Crippen molar-refractivity contribution < 1.29 is 22.3 Å². The fourth-order valence-corrected chi connectivity index (χ4v) is 2.87. The maximum Gasteiger partial charge on any atom is 0.323 e. The number of rotatable bonds is 6. The summed E-state index contributed by atoms with van der Waals surface area (Å²) in [5.41, 5.74) is 0. The SMILES string of the molecule is COC(=O)[C@H](CC(C)C)NS(=O)(=O)c1ccc(F)cc1. The molecule has 20 heavy (non-hydrogen) atoms. The first kappa shape index (κ1) is 16.6. The van der Waals surface area contributed by atoms with Gasteiger partial charge in [0.05, 0.1) is 12.0 Å². The standard InChI is InChI=1S/C13H18FNO4S/c1-9(2)8-12(13(16)19-3)15-20(17,18)11-6-4-10(14)5-7-11/h4-7,9,12,15H,8H2,1-3H3/t12-/m0/s1. The summed E-state index contributed by atoms with van der Waals surface area (Å²) in [7, 11) is -2.70. The van der Waals surface area contributed by atoms with Crippen LogP contribution in [-0.4, -0.2) is 27.5 Å². The van der Waals surface area contributed by atoms with Crippen molar-refractivity contribution >= 4 is 16.0 Å². The molecule has 1 aromatic rings. The summed E-state index contributed by atoms with van der Waals surface area (Å²) in [5.74, 6) is -1.07. The number of sulfonamides is 1. The molecule has 0 aromatic heterocycles. The highest BCUT2D eigenvalue weighted by Gasteiger charge is 2.27. The van der Waals surface area contributed by atoms with Crippen molar-refractivity contribution in [1.29, 1.82) is 0 Å². The van der Waals surface area contributed by atoms with Crippen LogP contribution in [0.5, 0.6) is 0 Å². The fraction of sp³-hybridized carbons (Fsp3) is 0.462. The van der Waals surface area contributed by atoms with E-state index in [1.807, 2.05) is 13.8 Å². The summed E-state index contributed by atoms with van der Waals surface area (Å²) >= 11 is 0. The Morgan fingerprint density at radius 3 is 2.30 bits per heavy atom. The van der Waals surface area contributed by atoms with Crippen LogP contribution in [0.1, 0.15) is 20.3 Å². The van der Waals surface area contributed by atoms with Crippen molar-refractivity contribution in [3.8, 4) is 0 Å². The lowest BCUT2D eigenvalue weighted by Crippen LogP contribution is -2.42. The Hall–Kier alpha value is -1.47. The molecule has 5 nitrogen and oxygen atoms in total. The molecule has 0 spiro atoms. The van der Waals surface area contributed by atoms with Gasteiger partial charge in [0.15, 0.2) is 0 Å². The van der Waals surface area contributed by atoms with Crippen LogP contribution in [0.3, 0.4) is 0 Å². The molecule has 0 radical (unpaired) electrons. The smallest absolute Gasteiger partial charge is 0.323 e. The van der Waals surface area contributed by atoms with E-state index >= 15 is 0 Å². The molecular formula is C13H18FNO4S. The first-order valence-electron chi connectivity index (χ1n) is 6.12. The highest BCUT2D eigenvalue weighted by atomic mass is 32.2. The molecule has 0 saturated heterocycles. The fourth-order valence-electron chi connectivity index (χ4n) is 1.68. The largest absolute Gasteiger partial charge is 0.468 e. The van der Waals surface area contributed by atoms with Gasteiger partial charge >= 0.3 is 5.97 Å². The van der Waals surface area contributed by atoms with Crippen molar-refractivity contribution in [1.82, 2.24) is 4.72 Å². The van der Waals surface area contributed by atoms with E-state index in [0.717, 1.165) is 24.3 Å². The average molecular weight is 303 g/mol. The molecule has 0 bridgehead atoms. The average Bonchev–Trinajstić information content (AvgIpc) is 2.36. The van der Waals surface area contributed by atoms with Crippen LogP contribution < -0.4 is 4.72 Å². The van der Waals surface area contributed by atoms with Gasteiger partial charge in [-0.3, -0.25) is 4.79 Å². The molecule has 0 amide bonds. The van der Waals surface area contributed by atoms with E-state index < -0.39 is 27.9 Å². The van der Waals surface area contributed by atoms with Gasteiger partial charge in [0.1, 0.15) is 11.9 Å². The molecule has 0 aliphatic rings. The number of carbonyl (C=O) groups excluding carboxylic acids is 1. The van der Waals surface area contributed by atoms with Gasteiger partial charge in [-0.05, 0) is 36.6 Å². The minimum Gasteiger partial charge on any atom is -0.468 e. The molecule has 1 N–H and O–H groups in total. The van der Waals surface area contributed by atoms with Crippen LogP contribution >= 0.6 is 0 Å². The van der Waals surface area contributed by atoms with Gasteiger partial charge in [0, 0.05) is 0 Å². The predicted octanol–water partition coefficient (Wildman–Crippen LogP) is 1.69. The molecule has 0 unspecified atom stereocenters. The summed E-state index contributed by atoms with van der Waals surface area (Å²) in [5, 5.41) is 0. The molecule has 0 aliphatic heterocycles. The summed E-state index contributed by atoms with van der Waals surface area (Å²) in [6, 6.07) is 3.41. The molecular weight excluding hydrogens is 285 g/mol. The van der Waals surface area contributed by atoms with Gasteiger partial charge in [-0.2, -0.15) is 4.72 Å². The third-order valence-corrected chi connectivity index (χ3v) is 4.10. The predicted molar refractivity (Wildman–Crippen MR) is 72.0 cm³/mol. The van der Waals surface area contributed by atoms with Gasteiger partial charge < -0.3 is 4.74 Å². The van der Waals surface area contributed by atoms with Gasteiger partial charge in [0.25, 0.3) is 0 Å². The van der Waals surface area contributed by atoms with Crippen molar-refractivity contribution in [3.05, 3.63) is 30.1 Å². The van der Waals surface area contributed by atoms with Crippen molar-refractivity contribution in [2.75, 3.05) is 7.11 Å². The molecule has 0 heterocycles. The lowest BCUT2D eigenvalue weighted by atomic mass is 10.1. The van der Waals surface area contributed by atoms with Crippen LogP contribution in [0.25, 0.3) is 0 Å². The zero-order valence-corrected chi connectivity index (χ0v) is 12.4. The first-order chi connectivity index (χ1) is 9.26. The third kappa shape index (κ3) is 4.57. The van der Waals surface area contributed by atoms with E-state index in [-0.39, 0.29) is 10.8 Å². The summed E-state index contributed by atoms with van der Waals surface area (Å²) in [6.07, 6.45) is 0.313. The van der Waals surface area contributed by atoms with Crippen molar-refractivity contribution in [3.63, 3.8) is 0 Å². The Labute approximate surface area is 118 Å². The molecule has 1 atom stereocenters. The van der Waals surface area contributed by atoms with E-state index in [4.69, 9.17) is 0 Å². The summed E-state index contributed by atoms with van der Waals surface area (Å²) in [4.78, 5) is 11.5. The lowest BCUT2D eigenvalue weighted by molar-refractivity contribution is -0.143. The number of hydrogen-bond donors (Lipinski definition) is 1. The molecule has 0 fully saturated rings. The lowest BCUT2D eigenvalue weighted by Gasteiger charge is -2.18. The molecule has 0 saturated carbocycles. The third-order valence-electron chi connectivity index (χ3n) is 2.61. The monoisotopic (exact) mass is 303 g/mol. The van der Waals surface area contributed by atoms with Crippen LogP contribution in [0, 0.1) is 11.7 Å². The number of nitrogens with one attached hydrogen (secondary N) is 1. The number of benzene rings is 1. The number of hydrogen-bond acceptors (Lipinski definition) is 4. The number of carbonyl (C=O) groups is 1. The van der Waals surface area contributed by atoms with E-state index in [1.54, 1.807) is 0 Å². The number of ether oxygens (including phenoxy) is 1. The Morgan fingerprint density at radius 2 is 1.85 bits per heavy atom. The zero-order valence-electron chi connectivity index (χ0n) is 11.6. The maximum absolute atomic E-state index is 12.8. The van der Waals surface area contributed by atoms with Crippen LogP contribution in [0.4, 0.5) is 4.39 Å². The van der Waals surface area contributed by atoms with E-state index in [1.165, 1.54) is 7.11 Å². The highest BCUT2D eigenvalue weighted by molar-refractivity contribution is 7.89. The van der Waals surface area contributed by atoms with Crippen molar-refractivity contribution in [2.45, 2.75) is 31.2 Å². The van der Waals surface area contributed by atoms with Crippen molar-refractivity contribution in [2.24, 2.45) is 5.92 Å². The second-order valence-corrected chi connectivity index (χ2v) is 6.49. The topological polar surface area (TPSA) is 72.5 Å². The van der Waals surface area contributed by atoms with Gasteiger partial charge in [0.2, 0.25) is 10.0 Å². The van der Waals surface area contributed by atoms with E-state index in [9.17, 15) is 17.6 Å². The second kappa shape index (κ2) is 6.81. The number of halogens is 1. The maximum atomic E-state index is 12.8. The highest BCUT2D eigenvalue weighted by Crippen LogP contribution is 2.13. The Bertz CT molecular complexity index is 554. The zero-order chi connectivity index (χ0) is 15.3. The molecule has 1 aromatic carbocycles. The van der Waals surface area contributed by atoms with Gasteiger partial charge in [-0.15, -0.1) is 0 Å².